The van der Waals surface area contributed by atoms with E-state index in [0.717, 1.165) is 16.8 Å². The van der Waals surface area contributed by atoms with Gasteiger partial charge < -0.3 is 5.32 Å². The highest BCUT2D eigenvalue weighted by molar-refractivity contribution is 8.35. The number of amides is 1. The number of carbonyl (C=O) groups is 1. The molecule has 0 saturated carbocycles. The first-order valence-corrected chi connectivity index (χ1v) is 9.75. The Morgan fingerprint density at radius 2 is 1.86 bits per heavy atom. The van der Waals surface area contributed by atoms with Crippen LogP contribution in [-0.4, -0.2) is 34.5 Å². The molecule has 1 N–H and O–H groups in total. The van der Waals surface area contributed by atoms with Crippen molar-refractivity contribution in [2.45, 2.75) is 6.92 Å². The minimum absolute atomic E-state index is 0.131. The lowest BCUT2D eigenvalue weighted by molar-refractivity contribution is -0.114. The molecule has 0 fully saturated rings. The molecule has 0 aliphatic rings. The maximum Gasteiger partial charge on any atom is 0.222 e. The van der Waals surface area contributed by atoms with Crippen molar-refractivity contribution in [2.24, 2.45) is 7.05 Å². The van der Waals surface area contributed by atoms with Crippen molar-refractivity contribution in [3.05, 3.63) is 35.9 Å². The molecule has 116 valence electrons. The summed E-state index contributed by atoms with van der Waals surface area (Å²) in [6, 6.07) is 9.89. The molecular formula is C17H21N3OS. The van der Waals surface area contributed by atoms with E-state index in [1.165, 1.54) is 6.92 Å². The summed E-state index contributed by atoms with van der Waals surface area (Å²) in [5.74, 6) is 3.75. The van der Waals surface area contributed by atoms with Crippen molar-refractivity contribution in [2.75, 3.05) is 24.1 Å². The van der Waals surface area contributed by atoms with Gasteiger partial charge in [-0.15, -0.1) is 0 Å². The lowest BCUT2D eigenvalue weighted by Gasteiger charge is -2.15. The standard InChI is InChI=1S/C17H21N3OS/c1-13(21)18-17-15(11-12-22(3,4)5)16(19-20(17)2)14-9-7-6-8-10-14/h6-10H,1-5H3,(H,18,21). The van der Waals surface area contributed by atoms with Crippen molar-refractivity contribution in [3.63, 3.8) is 0 Å². The largest absolute Gasteiger partial charge is 0.310 e. The minimum Gasteiger partial charge on any atom is -0.310 e. The Hall–Kier alpha value is -2.19. The van der Waals surface area contributed by atoms with Crippen molar-refractivity contribution in [1.82, 2.24) is 9.78 Å². The molecule has 4 nitrogen and oxygen atoms in total. The third kappa shape index (κ3) is 3.92. The quantitative estimate of drug-likeness (QED) is 0.866. The molecule has 2 aromatic rings. The van der Waals surface area contributed by atoms with Crippen LogP contribution in [0.25, 0.3) is 11.3 Å². The van der Waals surface area contributed by atoms with Gasteiger partial charge in [0.25, 0.3) is 0 Å². The number of nitrogens with one attached hydrogen (secondary N) is 1. The molecule has 22 heavy (non-hydrogen) atoms. The zero-order valence-electron chi connectivity index (χ0n) is 13.6. The van der Waals surface area contributed by atoms with Gasteiger partial charge in [0.1, 0.15) is 11.5 Å². The number of hydrogen-bond donors (Lipinski definition) is 1. The van der Waals surface area contributed by atoms with Crippen LogP contribution in [0.5, 0.6) is 0 Å². The van der Waals surface area contributed by atoms with Crippen LogP contribution in [0.2, 0.25) is 0 Å². The Kier molecular flexibility index (Phi) is 4.62. The summed E-state index contributed by atoms with van der Waals surface area (Å²) in [7, 11) is 0.844. The molecular weight excluding hydrogens is 294 g/mol. The molecule has 5 heteroatoms. The van der Waals surface area contributed by atoms with Gasteiger partial charge in [0.05, 0.1) is 5.56 Å². The summed E-state index contributed by atoms with van der Waals surface area (Å²) in [5, 5.41) is 10.7. The van der Waals surface area contributed by atoms with Crippen LogP contribution < -0.4 is 5.32 Å². The van der Waals surface area contributed by atoms with Crippen LogP contribution in [-0.2, 0) is 11.8 Å². The summed E-state index contributed by atoms with van der Waals surface area (Å²) in [6.45, 7) is 1.49. The maximum atomic E-state index is 11.5. The number of carbonyl (C=O) groups excluding carboxylic acids is 1. The molecule has 0 aliphatic carbocycles. The predicted octanol–water partition coefficient (Wildman–Crippen LogP) is 3.05. The van der Waals surface area contributed by atoms with Crippen molar-refractivity contribution in [1.29, 1.82) is 0 Å². The molecule has 0 saturated heterocycles. The average molecular weight is 315 g/mol. The summed E-state index contributed by atoms with van der Waals surface area (Å²) in [5.41, 5.74) is 2.55. The summed E-state index contributed by atoms with van der Waals surface area (Å²) < 4.78 is 1.67. The van der Waals surface area contributed by atoms with E-state index >= 15 is 0 Å². The topological polar surface area (TPSA) is 46.9 Å². The number of nitrogens with zero attached hydrogens (tertiary/aromatic N) is 2. The second-order valence-corrected chi connectivity index (χ2v) is 9.69. The van der Waals surface area contributed by atoms with Crippen LogP contribution in [0.4, 0.5) is 5.82 Å². The Bertz CT molecular complexity index is 746. The zero-order chi connectivity index (χ0) is 16.3. The van der Waals surface area contributed by atoms with Crippen LogP contribution in [0.1, 0.15) is 12.5 Å². The van der Waals surface area contributed by atoms with Crippen molar-refractivity contribution < 1.29 is 4.79 Å². The van der Waals surface area contributed by atoms with Gasteiger partial charge in [-0.25, -0.2) is 0 Å². The fraction of sp³-hybridized carbons (Fsp3) is 0.294. The Labute approximate surface area is 133 Å². The maximum absolute atomic E-state index is 11.5. The van der Waals surface area contributed by atoms with E-state index in [1.807, 2.05) is 37.4 Å². The number of rotatable bonds is 2. The number of anilines is 1. The molecule has 0 radical (unpaired) electrons. The van der Waals surface area contributed by atoms with E-state index in [4.69, 9.17) is 0 Å². The van der Waals surface area contributed by atoms with Crippen LogP contribution in [0, 0.1) is 11.2 Å². The summed E-state index contributed by atoms with van der Waals surface area (Å²) >= 11 is 0. The normalized spacial score (nSPS) is 11.5. The SMILES string of the molecule is CC(=O)Nc1c(C#CS(C)(C)C)c(-c2ccccc2)nn1C. The predicted molar refractivity (Wildman–Crippen MR) is 95.2 cm³/mol. The lowest BCUT2D eigenvalue weighted by atomic mass is 10.1. The van der Waals surface area contributed by atoms with Crippen LogP contribution in [0.15, 0.2) is 30.3 Å². The van der Waals surface area contributed by atoms with Crippen LogP contribution in [0.3, 0.4) is 0 Å². The molecule has 0 aliphatic heterocycles. The van der Waals surface area contributed by atoms with E-state index in [1.54, 1.807) is 4.68 Å². The second kappa shape index (κ2) is 6.29. The summed E-state index contributed by atoms with van der Waals surface area (Å²) in [6.07, 6.45) is 6.41. The Morgan fingerprint density at radius 3 is 2.41 bits per heavy atom. The first-order chi connectivity index (χ1) is 10.3. The lowest BCUT2D eigenvalue weighted by Crippen LogP contribution is -2.10. The van der Waals surface area contributed by atoms with Crippen LogP contribution >= 0.6 is 10.0 Å². The van der Waals surface area contributed by atoms with Gasteiger partial charge in [-0.1, -0.05) is 36.3 Å². The Balaban J connectivity index is 2.63. The zero-order valence-corrected chi connectivity index (χ0v) is 14.4. The number of aromatic nitrogens is 2. The highest BCUT2D eigenvalue weighted by atomic mass is 32.3. The third-order valence-electron chi connectivity index (χ3n) is 2.87. The minimum atomic E-state index is -0.968. The van der Waals surface area contributed by atoms with Gasteiger partial charge in [-0.2, -0.15) is 15.1 Å². The molecule has 1 aromatic carbocycles. The molecule has 2 rings (SSSR count). The molecule has 0 bridgehead atoms. The molecule has 1 heterocycles. The highest BCUT2D eigenvalue weighted by Gasteiger charge is 2.17. The van der Waals surface area contributed by atoms with Gasteiger partial charge in [0.2, 0.25) is 5.91 Å². The average Bonchev–Trinajstić information content (AvgIpc) is 2.73. The summed E-state index contributed by atoms with van der Waals surface area (Å²) in [4.78, 5) is 11.5. The van der Waals surface area contributed by atoms with E-state index < -0.39 is 10.0 Å². The second-order valence-electron chi connectivity index (χ2n) is 5.81. The number of aryl methyl sites for hydroxylation is 1. The van der Waals surface area contributed by atoms with E-state index in [0.29, 0.717) is 5.82 Å². The Morgan fingerprint density at radius 1 is 1.23 bits per heavy atom. The molecule has 1 amide bonds. The number of benzene rings is 1. The van der Waals surface area contributed by atoms with Gasteiger partial charge in [0.15, 0.2) is 0 Å². The molecule has 0 unspecified atom stereocenters. The highest BCUT2D eigenvalue weighted by Crippen LogP contribution is 2.34. The fourth-order valence-corrected chi connectivity index (χ4v) is 2.36. The fourth-order valence-electron chi connectivity index (χ4n) is 1.95. The number of hydrogen-bond acceptors (Lipinski definition) is 2. The van der Waals surface area contributed by atoms with Crippen molar-refractivity contribution in [3.8, 4) is 22.4 Å². The molecule has 1 aromatic heterocycles. The monoisotopic (exact) mass is 315 g/mol. The van der Waals surface area contributed by atoms with Gasteiger partial charge in [-0.05, 0) is 24.0 Å². The van der Waals surface area contributed by atoms with Crippen molar-refractivity contribution >= 4 is 21.8 Å². The van der Waals surface area contributed by atoms with Gasteiger partial charge >= 0.3 is 0 Å². The third-order valence-corrected chi connectivity index (χ3v) is 3.59. The van der Waals surface area contributed by atoms with E-state index in [9.17, 15) is 4.79 Å². The smallest absolute Gasteiger partial charge is 0.222 e. The van der Waals surface area contributed by atoms with E-state index in [2.05, 4.69) is 40.4 Å². The first kappa shape index (κ1) is 16.2. The molecule has 0 spiro atoms. The van der Waals surface area contributed by atoms with Gasteiger partial charge in [0, 0.05) is 19.5 Å². The van der Waals surface area contributed by atoms with E-state index in [-0.39, 0.29) is 5.91 Å². The van der Waals surface area contributed by atoms with Gasteiger partial charge in [-0.3, -0.25) is 9.48 Å². The first-order valence-electron chi connectivity index (χ1n) is 6.89. The molecule has 0 atom stereocenters.